The van der Waals surface area contributed by atoms with Crippen molar-refractivity contribution in [1.29, 1.82) is 0 Å². The molecule has 1 N–H and O–H groups in total. The van der Waals surface area contributed by atoms with Crippen LogP contribution in [0.15, 0.2) is 36.9 Å². The third kappa shape index (κ3) is 3.13. The molecule has 0 fully saturated rings. The first kappa shape index (κ1) is 11.3. The molecule has 1 unspecified atom stereocenters. The van der Waals surface area contributed by atoms with Crippen LogP contribution in [0.5, 0.6) is 5.75 Å². The monoisotopic (exact) mass is 206 g/mol. The third-order valence-electron chi connectivity index (χ3n) is 2.12. The smallest absolute Gasteiger partial charge is 0.310 e. The van der Waals surface area contributed by atoms with Crippen molar-refractivity contribution >= 4 is 5.97 Å². The van der Waals surface area contributed by atoms with Crippen LogP contribution in [0.1, 0.15) is 18.4 Å². The molecular weight excluding hydrogens is 192 g/mol. The molecule has 1 aromatic carbocycles. The predicted octanol–water partition coefficient (Wildman–Crippen LogP) is 2.44. The highest BCUT2D eigenvalue weighted by molar-refractivity contribution is 5.75. The first-order chi connectivity index (χ1) is 7.15. The van der Waals surface area contributed by atoms with Gasteiger partial charge in [-0.15, -0.1) is 0 Å². The second-order valence-electron chi connectivity index (χ2n) is 3.23. The lowest BCUT2D eigenvalue weighted by atomic mass is 10.0. The molecule has 0 saturated heterocycles. The Morgan fingerprint density at radius 2 is 2.13 bits per heavy atom. The maximum Gasteiger partial charge on any atom is 0.310 e. The zero-order valence-electron chi connectivity index (χ0n) is 8.64. The highest BCUT2D eigenvalue weighted by Crippen LogP contribution is 2.19. The van der Waals surface area contributed by atoms with Crippen LogP contribution >= 0.6 is 0 Å². The Hall–Kier alpha value is -1.77. The number of hydrogen-bond acceptors (Lipinski definition) is 2. The van der Waals surface area contributed by atoms with Crippen molar-refractivity contribution in [3.05, 3.63) is 42.5 Å². The van der Waals surface area contributed by atoms with Crippen LogP contribution in [0.4, 0.5) is 0 Å². The zero-order valence-corrected chi connectivity index (χ0v) is 8.64. The van der Waals surface area contributed by atoms with Crippen molar-refractivity contribution in [2.24, 2.45) is 0 Å². The van der Waals surface area contributed by atoms with E-state index in [2.05, 4.69) is 6.58 Å². The first-order valence-electron chi connectivity index (χ1n) is 4.71. The van der Waals surface area contributed by atoms with Gasteiger partial charge in [0.25, 0.3) is 0 Å². The molecule has 3 heteroatoms. The van der Waals surface area contributed by atoms with E-state index in [9.17, 15) is 4.79 Å². The van der Waals surface area contributed by atoms with E-state index >= 15 is 0 Å². The second-order valence-corrected chi connectivity index (χ2v) is 3.23. The Bertz CT molecular complexity index is 340. The summed E-state index contributed by atoms with van der Waals surface area (Å²) in [7, 11) is 0. The van der Waals surface area contributed by atoms with Gasteiger partial charge in [0.2, 0.25) is 0 Å². The molecule has 0 bridgehead atoms. The number of hydrogen-bond donors (Lipinski definition) is 1. The quantitative estimate of drug-likeness (QED) is 0.752. The molecule has 0 radical (unpaired) electrons. The first-order valence-corrected chi connectivity index (χ1v) is 4.71. The standard InChI is InChI=1S/C12H14O3/c1-3-8-15-11-6-4-10(5-7-11)9(2)12(13)14/h3-7,9H,1,8H2,2H3,(H,13,14). The molecule has 0 spiro atoms. The van der Waals surface area contributed by atoms with E-state index in [1.165, 1.54) is 0 Å². The van der Waals surface area contributed by atoms with Gasteiger partial charge in [0.15, 0.2) is 0 Å². The van der Waals surface area contributed by atoms with Gasteiger partial charge in [-0.2, -0.15) is 0 Å². The molecule has 0 heterocycles. The van der Waals surface area contributed by atoms with E-state index in [0.717, 1.165) is 11.3 Å². The largest absolute Gasteiger partial charge is 0.490 e. The fourth-order valence-electron chi connectivity index (χ4n) is 1.15. The van der Waals surface area contributed by atoms with Gasteiger partial charge < -0.3 is 9.84 Å². The van der Waals surface area contributed by atoms with Gasteiger partial charge in [0, 0.05) is 0 Å². The fraction of sp³-hybridized carbons (Fsp3) is 0.250. The lowest BCUT2D eigenvalue weighted by Gasteiger charge is -2.08. The predicted molar refractivity (Wildman–Crippen MR) is 58.2 cm³/mol. The van der Waals surface area contributed by atoms with Gasteiger partial charge in [-0.05, 0) is 24.6 Å². The number of carbonyl (C=O) groups is 1. The molecule has 3 nitrogen and oxygen atoms in total. The van der Waals surface area contributed by atoms with Crippen molar-refractivity contribution in [3.63, 3.8) is 0 Å². The molecule has 80 valence electrons. The second kappa shape index (κ2) is 5.20. The number of carboxylic acid groups (broad SMARTS) is 1. The Morgan fingerprint density at radius 3 is 2.60 bits per heavy atom. The zero-order chi connectivity index (χ0) is 11.3. The molecule has 15 heavy (non-hydrogen) atoms. The van der Waals surface area contributed by atoms with Crippen LogP contribution in [0, 0.1) is 0 Å². The molecule has 0 amide bonds. The van der Waals surface area contributed by atoms with Crippen molar-refractivity contribution in [2.45, 2.75) is 12.8 Å². The molecule has 0 aliphatic carbocycles. The molecule has 1 rings (SSSR count). The van der Waals surface area contributed by atoms with Gasteiger partial charge in [-0.3, -0.25) is 4.79 Å². The lowest BCUT2D eigenvalue weighted by molar-refractivity contribution is -0.138. The fourth-order valence-corrected chi connectivity index (χ4v) is 1.15. The minimum atomic E-state index is -0.824. The molecule has 0 aliphatic rings. The van der Waals surface area contributed by atoms with Crippen LogP contribution in [0.25, 0.3) is 0 Å². The number of carboxylic acids is 1. The van der Waals surface area contributed by atoms with E-state index in [1.807, 2.05) is 0 Å². The van der Waals surface area contributed by atoms with Crippen LogP contribution in [-0.2, 0) is 4.79 Å². The van der Waals surface area contributed by atoms with Gasteiger partial charge >= 0.3 is 5.97 Å². The van der Waals surface area contributed by atoms with Gasteiger partial charge in [0.05, 0.1) is 5.92 Å². The average Bonchev–Trinajstić information content (AvgIpc) is 2.26. The molecule has 0 aromatic heterocycles. The van der Waals surface area contributed by atoms with E-state index in [4.69, 9.17) is 9.84 Å². The Morgan fingerprint density at radius 1 is 1.53 bits per heavy atom. The van der Waals surface area contributed by atoms with Crippen molar-refractivity contribution in [2.75, 3.05) is 6.61 Å². The summed E-state index contributed by atoms with van der Waals surface area (Å²) in [5.41, 5.74) is 0.772. The summed E-state index contributed by atoms with van der Waals surface area (Å²) in [5, 5.41) is 8.80. The number of ether oxygens (including phenoxy) is 1. The maximum atomic E-state index is 10.7. The molecule has 1 aromatic rings. The maximum absolute atomic E-state index is 10.7. The van der Waals surface area contributed by atoms with E-state index in [0.29, 0.717) is 6.61 Å². The van der Waals surface area contributed by atoms with Crippen molar-refractivity contribution in [3.8, 4) is 5.75 Å². The lowest BCUT2D eigenvalue weighted by Crippen LogP contribution is -2.07. The summed E-state index contributed by atoms with van der Waals surface area (Å²) in [6.07, 6.45) is 1.66. The Labute approximate surface area is 89.0 Å². The topological polar surface area (TPSA) is 46.5 Å². The summed E-state index contributed by atoms with van der Waals surface area (Å²) in [6.45, 7) is 5.65. The normalized spacial score (nSPS) is 11.8. The minimum Gasteiger partial charge on any atom is -0.490 e. The van der Waals surface area contributed by atoms with Crippen molar-refractivity contribution < 1.29 is 14.6 Å². The van der Waals surface area contributed by atoms with Crippen LogP contribution < -0.4 is 4.74 Å². The summed E-state index contributed by atoms with van der Waals surface area (Å²) in [4.78, 5) is 10.7. The van der Waals surface area contributed by atoms with Crippen LogP contribution in [-0.4, -0.2) is 17.7 Å². The summed E-state index contributed by atoms with van der Waals surface area (Å²) < 4.78 is 5.28. The minimum absolute atomic E-state index is 0.452. The van der Waals surface area contributed by atoms with E-state index in [-0.39, 0.29) is 0 Å². The number of aliphatic carboxylic acids is 1. The third-order valence-corrected chi connectivity index (χ3v) is 2.12. The number of rotatable bonds is 5. The Balaban J connectivity index is 2.71. The summed E-state index contributed by atoms with van der Waals surface area (Å²) in [5.74, 6) is -0.593. The molecule has 1 atom stereocenters. The van der Waals surface area contributed by atoms with Gasteiger partial charge in [-0.25, -0.2) is 0 Å². The van der Waals surface area contributed by atoms with Crippen LogP contribution in [0.2, 0.25) is 0 Å². The van der Waals surface area contributed by atoms with Crippen LogP contribution in [0.3, 0.4) is 0 Å². The van der Waals surface area contributed by atoms with E-state index < -0.39 is 11.9 Å². The Kier molecular flexibility index (Phi) is 3.92. The van der Waals surface area contributed by atoms with E-state index in [1.54, 1.807) is 37.3 Å². The molecular formula is C12H14O3. The highest BCUT2D eigenvalue weighted by atomic mass is 16.5. The summed E-state index contributed by atoms with van der Waals surface area (Å²) >= 11 is 0. The van der Waals surface area contributed by atoms with Gasteiger partial charge in [-0.1, -0.05) is 24.8 Å². The SMILES string of the molecule is C=CCOc1ccc(C(C)C(=O)O)cc1. The summed E-state index contributed by atoms with van der Waals surface area (Å²) in [6, 6.07) is 7.05. The van der Waals surface area contributed by atoms with Gasteiger partial charge in [0.1, 0.15) is 12.4 Å². The average molecular weight is 206 g/mol. The molecule has 0 saturated carbocycles. The number of benzene rings is 1. The molecule has 0 aliphatic heterocycles. The van der Waals surface area contributed by atoms with Crippen molar-refractivity contribution in [1.82, 2.24) is 0 Å². The highest BCUT2D eigenvalue weighted by Gasteiger charge is 2.12.